The minimum atomic E-state index is -0.694. The van der Waals surface area contributed by atoms with Crippen LogP contribution in [0.2, 0.25) is 0 Å². The van der Waals surface area contributed by atoms with Crippen molar-refractivity contribution in [3.63, 3.8) is 0 Å². The molecule has 1 atom stereocenters. The summed E-state index contributed by atoms with van der Waals surface area (Å²) in [4.78, 5) is 19.4. The standard InChI is InChI=1S/C31H38N4O2.2ClH/c1-4-34(5-2)35-27-16-10-9-15-26(27)31(30(35)36,25-13-7-6-8-14-25)19-20-32-21-23-33(24-22-32)28-17-11-12-18-29(28)37-3;;/h6-18H,4-5,19-24H2,1-3H3;2*1H. The second-order valence-electron chi connectivity index (χ2n) is 9.79. The molecule has 5 rings (SSSR count). The molecule has 8 heteroatoms. The Balaban J connectivity index is 0.00000210. The zero-order valence-electron chi connectivity index (χ0n) is 23.1. The minimum Gasteiger partial charge on any atom is -0.495 e. The Labute approximate surface area is 245 Å². The first-order chi connectivity index (χ1) is 18.1. The molecule has 0 N–H and O–H groups in total. The lowest BCUT2D eigenvalue weighted by Crippen LogP contribution is -2.52. The third-order valence-corrected chi connectivity index (χ3v) is 8.03. The van der Waals surface area contributed by atoms with Crippen molar-refractivity contribution in [1.82, 2.24) is 9.91 Å². The molecule has 6 nitrogen and oxygen atoms in total. The number of rotatable bonds is 9. The van der Waals surface area contributed by atoms with Gasteiger partial charge in [0, 0.05) is 39.3 Å². The van der Waals surface area contributed by atoms with E-state index >= 15 is 0 Å². The maximum absolute atomic E-state index is 14.5. The second kappa shape index (κ2) is 13.5. The Bertz CT molecular complexity index is 1220. The molecule has 210 valence electrons. The molecular weight excluding hydrogens is 531 g/mol. The molecule has 0 radical (unpaired) electrons. The number of anilines is 2. The molecule has 0 aliphatic carbocycles. The van der Waals surface area contributed by atoms with Crippen LogP contribution in [0, 0.1) is 0 Å². The zero-order chi connectivity index (χ0) is 25.8. The fraction of sp³-hybridized carbons (Fsp3) is 0.387. The Morgan fingerprint density at radius 1 is 0.795 bits per heavy atom. The molecule has 0 spiro atoms. The molecule has 0 saturated carbocycles. The molecule has 0 aromatic heterocycles. The van der Waals surface area contributed by atoms with E-state index in [4.69, 9.17) is 4.74 Å². The van der Waals surface area contributed by atoms with Gasteiger partial charge in [-0.2, -0.15) is 0 Å². The van der Waals surface area contributed by atoms with Crippen molar-refractivity contribution in [2.75, 3.05) is 62.8 Å². The van der Waals surface area contributed by atoms with Crippen LogP contribution in [0.3, 0.4) is 0 Å². The average molecular weight is 572 g/mol. The summed E-state index contributed by atoms with van der Waals surface area (Å²) in [6.07, 6.45) is 0.749. The quantitative estimate of drug-likeness (QED) is 0.333. The number of benzene rings is 3. The van der Waals surface area contributed by atoms with E-state index in [0.29, 0.717) is 0 Å². The van der Waals surface area contributed by atoms with Crippen molar-refractivity contribution in [2.45, 2.75) is 25.7 Å². The summed E-state index contributed by atoms with van der Waals surface area (Å²) >= 11 is 0. The number of hydrogen-bond acceptors (Lipinski definition) is 5. The smallest absolute Gasteiger partial charge is 0.256 e. The van der Waals surface area contributed by atoms with E-state index < -0.39 is 5.41 Å². The van der Waals surface area contributed by atoms with E-state index in [-0.39, 0.29) is 30.7 Å². The van der Waals surface area contributed by atoms with E-state index in [0.717, 1.165) is 80.5 Å². The van der Waals surface area contributed by atoms with E-state index in [1.807, 2.05) is 29.3 Å². The number of fused-ring (bicyclic) bond motifs is 1. The number of hydrazine groups is 1. The van der Waals surface area contributed by atoms with Crippen molar-refractivity contribution < 1.29 is 9.53 Å². The first kappa shape index (κ1) is 30.8. The lowest BCUT2D eigenvalue weighted by molar-refractivity contribution is -0.125. The van der Waals surface area contributed by atoms with Crippen LogP contribution in [0.5, 0.6) is 5.75 Å². The Morgan fingerprint density at radius 3 is 2.03 bits per heavy atom. The van der Waals surface area contributed by atoms with Crippen LogP contribution >= 0.6 is 24.8 Å². The molecule has 1 unspecified atom stereocenters. The zero-order valence-corrected chi connectivity index (χ0v) is 24.7. The van der Waals surface area contributed by atoms with Gasteiger partial charge in [-0.3, -0.25) is 9.69 Å². The number of methoxy groups -OCH3 is 1. The Morgan fingerprint density at radius 2 is 1.38 bits per heavy atom. The van der Waals surface area contributed by atoms with Crippen LogP contribution in [0.15, 0.2) is 78.9 Å². The minimum absolute atomic E-state index is 0. The predicted molar refractivity (Wildman–Crippen MR) is 165 cm³/mol. The van der Waals surface area contributed by atoms with Gasteiger partial charge >= 0.3 is 0 Å². The van der Waals surface area contributed by atoms with Gasteiger partial charge in [0.2, 0.25) is 0 Å². The highest BCUT2D eigenvalue weighted by Crippen LogP contribution is 2.49. The lowest BCUT2D eigenvalue weighted by atomic mass is 9.72. The number of piperazine rings is 1. The van der Waals surface area contributed by atoms with Crippen molar-refractivity contribution in [3.8, 4) is 5.75 Å². The summed E-state index contributed by atoms with van der Waals surface area (Å²) in [6.45, 7) is 10.5. The van der Waals surface area contributed by atoms with Crippen LogP contribution in [0.25, 0.3) is 0 Å². The molecule has 3 aromatic rings. The Hall–Kier alpha value is -2.77. The monoisotopic (exact) mass is 570 g/mol. The molecule has 39 heavy (non-hydrogen) atoms. The first-order valence-electron chi connectivity index (χ1n) is 13.5. The third-order valence-electron chi connectivity index (χ3n) is 8.03. The van der Waals surface area contributed by atoms with Crippen molar-refractivity contribution in [2.24, 2.45) is 0 Å². The van der Waals surface area contributed by atoms with E-state index in [2.05, 4.69) is 83.3 Å². The SMILES string of the molecule is CCN(CC)N1C(=O)C(CCN2CCN(c3ccccc3OC)CC2)(c2ccccc2)c2ccccc21.Cl.Cl. The number of halogens is 2. The fourth-order valence-corrected chi connectivity index (χ4v) is 6.03. The highest BCUT2D eigenvalue weighted by molar-refractivity contribution is 6.09. The number of hydrogen-bond donors (Lipinski definition) is 0. The van der Waals surface area contributed by atoms with Gasteiger partial charge in [0.1, 0.15) is 11.2 Å². The molecule has 1 saturated heterocycles. The van der Waals surface area contributed by atoms with E-state index in [1.54, 1.807) is 7.11 Å². The lowest BCUT2D eigenvalue weighted by Gasteiger charge is -2.39. The van der Waals surface area contributed by atoms with E-state index in [9.17, 15) is 4.79 Å². The summed E-state index contributed by atoms with van der Waals surface area (Å²) in [5.41, 5.74) is 3.67. The van der Waals surface area contributed by atoms with Gasteiger partial charge in [0.25, 0.3) is 5.91 Å². The summed E-state index contributed by atoms with van der Waals surface area (Å²) in [5, 5.41) is 4.10. The molecule has 1 fully saturated rings. The molecule has 2 aliphatic rings. The average Bonchev–Trinajstić information content (AvgIpc) is 3.22. The van der Waals surface area contributed by atoms with Crippen LogP contribution in [-0.2, 0) is 10.2 Å². The van der Waals surface area contributed by atoms with Crippen LogP contribution in [0.4, 0.5) is 11.4 Å². The number of amides is 1. The maximum atomic E-state index is 14.5. The Kier molecular flexibility index (Phi) is 10.7. The van der Waals surface area contributed by atoms with Gasteiger partial charge in [-0.1, -0.05) is 74.5 Å². The van der Waals surface area contributed by atoms with Crippen LogP contribution in [0.1, 0.15) is 31.4 Å². The molecule has 2 heterocycles. The van der Waals surface area contributed by atoms with Gasteiger partial charge in [-0.15, -0.1) is 24.8 Å². The normalized spacial score (nSPS) is 18.9. The molecule has 2 aliphatic heterocycles. The highest BCUT2D eigenvalue weighted by atomic mass is 35.5. The van der Waals surface area contributed by atoms with Crippen LogP contribution in [-0.4, -0.2) is 68.7 Å². The molecule has 0 bridgehead atoms. The first-order valence-corrected chi connectivity index (χ1v) is 13.5. The third kappa shape index (κ3) is 5.62. The van der Waals surface area contributed by atoms with Crippen molar-refractivity contribution >= 4 is 42.1 Å². The maximum Gasteiger partial charge on any atom is 0.256 e. The summed E-state index contributed by atoms with van der Waals surface area (Å²) < 4.78 is 5.59. The number of para-hydroxylation sites is 3. The molecule has 3 aromatic carbocycles. The van der Waals surface area contributed by atoms with E-state index in [1.165, 1.54) is 0 Å². The van der Waals surface area contributed by atoms with Gasteiger partial charge in [-0.25, -0.2) is 10.0 Å². The fourth-order valence-electron chi connectivity index (χ4n) is 6.03. The van der Waals surface area contributed by atoms with Gasteiger partial charge in [-0.05, 0) is 42.3 Å². The second-order valence-corrected chi connectivity index (χ2v) is 9.79. The topological polar surface area (TPSA) is 39.3 Å². The van der Waals surface area contributed by atoms with Gasteiger partial charge < -0.3 is 9.64 Å². The molecule has 1 amide bonds. The molecular formula is C31H40Cl2N4O2. The predicted octanol–water partition coefficient (Wildman–Crippen LogP) is 5.64. The summed E-state index contributed by atoms with van der Waals surface area (Å²) in [5.74, 6) is 1.08. The highest BCUT2D eigenvalue weighted by Gasteiger charge is 2.53. The van der Waals surface area contributed by atoms with Gasteiger partial charge in [0.15, 0.2) is 0 Å². The van der Waals surface area contributed by atoms with Crippen molar-refractivity contribution in [3.05, 3.63) is 90.0 Å². The largest absolute Gasteiger partial charge is 0.495 e. The van der Waals surface area contributed by atoms with Gasteiger partial charge in [0.05, 0.1) is 18.5 Å². The number of nitrogens with zero attached hydrogens (tertiary/aromatic N) is 4. The number of ether oxygens (including phenoxy) is 1. The van der Waals surface area contributed by atoms with Crippen LogP contribution < -0.4 is 14.6 Å². The number of carbonyl (C=O) groups is 1. The number of carbonyl (C=O) groups excluding carboxylic acids is 1. The van der Waals surface area contributed by atoms with Crippen molar-refractivity contribution in [1.29, 1.82) is 0 Å². The summed E-state index contributed by atoms with van der Waals surface area (Å²) in [7, 11) is 1.73. The summed E-state index contributed by atoms with van der Waals surface area (Å²) in [6, 6.07) is 27.0.